The number of halogens is 1. The van der Waals surface area contributed by atoms with Gasteiger partial charge < -0.3 is 9.15 Å². The van der Waals surface area contributed by atoms with Crippen LogP contribution in [0.25, 0.3) is 16.8 Å². The number of ether oxygens (including phenoxy) is 1. The molecule has 2 aliphatic rings. The average molecular weight is 438 g/mol. The molecule has 6 heteroatoms. The Morgan fingerprint density at radius 2 is 2.03 bits per heavy atom. The third-order valence-electron chi connectivity index (χ3n) is 4.71. The molecule has 2 aromatic rings. The normalized spacial score (nSPS) is 15.9. The summed E-state index contributed by atoms with van der Waals surface area (Å²) in [5, 5.41) is 1.43. The molecule has 0 N–H and O–H groups in total. The van der Waals surface area contributed by atoms with E-state index in [4.69, 9.17) is 25.7 Å². The highest BCUT2D eigenvalue weighted by molar-refractivity contribution is 8.03. The fraction of sp³-hybridized carbons (Fsp3) is 0.167. The van der Waals surface area contributed by atoms with Gasteiger partial charge in [0.2, 0.25) is 5.89 Å². The van der Waals surface area contributed by atoms with E-state index in [1.54, 1.807) is 12.1 Å². The van der Waals surface area contributed by atoms with Crippen LogP contribution in [0.5, 0.6) is 0 Å². The lowest BCUT2D eigenvalue weighted by atomic mass is 10.1. The molecule has 0 bridgehead atoms. The molecular formula is C24H20ClNO3S. The van der Waals surface area contributed by atoms with E-state index in [9.17, 15) is 4.79 Å². The van der Waals surface area contributed by atoms with Crippen LogP contribution in [-0.2, 0) is 4.74 Å². The van der Waals surface area contributed by atoms with Crippen molar-refractivity contribution in [2.45, 2.75) is 24.4 Å². The van der Waals surface area contributed by atoms with Gasteiger partial charge in [0.15, 0.2) is 5.09 Å². The Kier molecular flexibility index (Phi) is 6.41. The Labute approximate surface area is 184 Å². The molecule has 4 rings (SSSR count). The van der Waals surface area contributed by atoms with Crippen molar-refractivity contribution in [3.05, 3.63) is 88.2 Å². The summed E-state index contributed by atoms with van der Waals surface area (Å²) >= 11 is 7.64. The van der Waals surface area contributed by atoms with E-state index < -0.39 is 0 Å². The number of benzene rings is 1. The lowest BCUT2D eigenvalue weighted by molar-refractivity contribution is 0.0601. The van der Waals surface area contributed by atoms with Crippen LogP contribution in [0, 0.1) is 0 Å². The minimum absolute atomic E-state index is 0.366. The summed E-state index contributed by atoms with van der Waals surface area (Å²) < 4.78 is 11.0. The van der Waals surface area contributed by atoms with Crippen LogP contribution in [0.1, 0.15) is 35.5 Å². The van der Waals surface area contributed by atoms with E-state index in [0.717, 1.165) is 46.0 Å². The SMILES string of the molecule is COC(=O)c1ccc(-c2nc(C3=CC=CCC3)oc2SC2=CCC=C(Cl)C=C2)cc1. The lowest BCUT2D eigenvalue weighted by Crippen LogP contribution is -2.00. The van der Waals surface area contributed by atoms with Crippen molar-refractivity contribution < 1.29 is 13.9 Å². The van der Waals surface area contributed by atoms with Gasteiger partial charge in [-0.3, -0.25) is 0 Å². The van der Waals surface area contributed by atoms with Crippen LogP contribution < -0.4 is 0 Å². The Balaban J connectivity index is 1.70. The number of allylic oxidation sites excluding steroid dienone is 9. The molecule has 0 aliphatic heterocycles. The van der Waals surface area contributed by atoms with Crippen LogP contribution in [0.15, 0.2) is 86.2 Å². The van der Waals surface area contributed by atoms with E-state index in [1.165, 1.54) is 18.9 Å². The highest BCUT2D eigenvalue weighted by Gasteiger charge is 2.20. The second-order valence-corrected chi connectivity index (χ2v) is 8.23. The number of thioether (sulfide) groups is 1. The summed E-state index contributed by atoms with van der Waals surface area (Å²) in [5.41, 5.74) is 3.20. The maximum Gasteiger partial charge on any atom is 0.337 e. The molecule has 0 unspecified atom stereocenters. The minimum Gasteiger partial charge on any atom is -0.465 e. The highest BCUT2D eigenvalue weighted by Crippen LogP contribution is 2.39. The van der Waals surface area contributed by atoms with Gasteiger partial charge in [-0.15, -0.1) is 0 Å². The molecule has 0 saturated carbocycles. The highest BCUT2D eigenvalue weighted by atomic mass is 35.5. The fourth-order valence-electron chi connectivity index (χ4n) is 3.13. The predicted octanol–water partition coefficient (Wildman–Crippen LogP) is 6.92. The van der Waals surface area contributed by atoms with E-state index in [1.807, 2.05) is 42.5 Å². The summed E-state index contributed by atoms with van der Waals surface area (Å²) in [6.07, 6.45) is 16.7. The zero-order valence-electron chi connectivity index (χ0n) is 16.4. The molecule has 152 valence electrons. The molecule has 30 heavy (non-hydrogen) atoms. The second kappa shape index (κ2) is 9.37. The second-order valence-electron chi connectivity index (χ2n) is 6.75. The van der Waals surface area contributed by atoms with Crippen molar-refractivity contribution in [2.24, 2.45) is 0 Å². The third-order valence-corrected chi connectivity index (χ3v) is 5.99. The first-order chi connectivity index (χ1) is 14.6. The number of rotatable bonds is 5. The summed E-state index contributed by atoms with van der Waals surface area (Å²) in [5.74, 6) is 0.262. The Morgan fingerprint density at radius 1 is 1.20 bits per heavy atom. The van der Waals surface area contributed by atoms with E-state index in [-0.39, 0.29) is 5.97 Å². The summed E-state index contributed by atoms with van der Waals surface area (Å²) in [4.78, 5) is 17.6. The van der Waals surface area contributed by atoms with Gasteiger partial charge in [-0.1, -0.05) is 54.1 Å². The number of nitrogens with zero attached hydrogens (tertiary/aromatic N) is 1. The number of hydrogen-bond donors (Lipinski definition) is 0. The molecule has 0 spiro atoms. The Bertz CT molecular complexity index is 1100. The van der Waals surface area contributed by atoms with Crippen molar-refractivity contribution in [2.75, 3.05) is 7.11 Å². The molecule has 1 heterocycles. The largest absolute Gasteiger partial charge is 0.465 e. The molecule has 0 radical (unpaired) electrons. The van der Waals surface area contributed by atoms with Gasteiger partial charge >= 0.3 is 5.97 Å². The number of esters is 1. The zero-order valence-corrected chi connectivity index (χ0v) is 18.0. The van der Waals surface area contributed by atoms with Gasteiger partial charge in [-0.2, -0.15) is 0 Å². The van der Waals surface area contributed by atoms with E-state index in [0.29, 0.717) is 16.5 Å². The van der Waals surface area contributed by atoms with E-state index >= 15 is 0 Å². The van der Waals surface area contributed by atoms with Gasteiger partial charge in [-0.25, -0.2) is 9.78 Å². The number of methoxy groups -OCH3 is 1. The molecule has 2 aliphatic carbocycles. The molecular weight excluding hydrogens is 418 g/mol. The van der Waals surface area contributed by atoms with Crippen molar-refractivity contribution in [3.8, 4) is 11.3 Å². The van der Waals surface area contributed by atoms with Gasteiger partial charge in [0, 0.05) is 21.1 Å². The number of carbonyl (C=O) groups is 1. The number of carbonyl (C=O) groups excluding carboxylic acids is 1. The predicted molar refractivity (Wildman–Crippen MR) is 121 cm³/mol. The molecule has 1 aromatic heterocycles. The first-order valence-corrected chi connectivity index (χ1v) is 10.8. The summed E-state index contributed by atoms with van der Waals surface area (Å²) in [6, 6.07) is 7.20. The van der Waals surface area contributed by atoms with E-state index in [2.05, 4.69) is 12.2 Å². The molecule has 0 atom stereocenters. The van der Waals surface area contributed by atoms with Crippen molar-refractivity contribution in [3.63, 3.8) is 0 Å². The van der Waals surface area contributed by atoms with Crippen LogP contribution >= 0.6 is 23.4 Å². The summed E-state index contributed by atoms with van der Waals surface area (Å²) in [6.45, 7) is 0. The number of aromatic nitrogens is 1. The van der Waals surface area contributed by atoms with Gasteiger partial charge in [0.25, 0.3) is 0 Å². The topological polar surface area (TPSA) is 52.3 Å². The lowest BCUT2D eigenvalue weighted by Gasteiger charge is -2.04. The Hall–Kier alpha value is -2.76. The van der Waals surface area contributed by atoms with Gasteiger partial charge in [0.05, 0.1) is 12.7 Å². The third kappa shape index (κ3) is 4.69. The van der Waals surface area contributed by atoms with Crippen LogP contribution in [0.3, 0.4) is 0 Å². The fourth-order valence-corrected chi connectivity index (χ4v) is 4.19. The monoisotopic (exact) mass is 437 g/mol. The average Bonchev–Trinajstić information content (AvgIpc) is 3.10. The molecule has 1 aromatic carbocycles. The molecule has 0 saturated heterocycles. The first-order valence-electron chi connectivity index (χ1n) is 9.61. The minimum atomic E-state index is -0.366. The maximum atomic E-state index is 11.8. The molecule has 0 amide bonds. The zero-order chi connectivity index (χ0) is 20.9. The number of oxazole rings is 1. The van der Waals surface area contributed by atoms with Crippen molar-refractivity contribution in [1.82, 2.24) is 4.98 Å². The maximum absolute atomic E-state index is 11.8. The molecule has 0 fully saturated rings. The van der Waals surface area contributed by atoms with Gasteiger partial charge in [0.1, 0.15) is 5.69 Å². The van der Waals surface area contributed by atoms with Crippen LogP contribution in [0.2, 0.25) is 0 Å². The van der Waals surface area contributed by atoms with Crippen molar-refractivity contribution in [1.29, 1.82) is 0 Å². The van der Waals surface area contributed by atoms with Crippen molar-refractivity contribution >= 4 is 34.9 Å². The summed E-state index contributed by atoms with van der Waals surface area (Å²) in [7, 11) is 1.37. The van der Waals surface area contributed by atoms with Crippen LogP contribution in [-0.4, -0.2) is 18.1 Å². The smallest absolute Gasteiger partial charge is 0.337 e. The first kappa shape index (κ1) is 20.5. The standard InChI is InChI=1S/C24H20ClNO3S/c1-28-23(27)18-12-10-16(11-13-18)21-24(30-20-9-5-8-19(25)14-15-20)29-22(26-21)17-6-3-2-4-7-17/h2-3,6,8-15H,4-5,7H2,1H3. The quantitative estimate of drug-likeness (QED) is 0.475. The molecule has 4 nitrogen and oxygen atoms in total. The van der Waals surface area contributed by atoms with Gasteiger partial charge in [-0.05, 0) is 55.3 Å². The number of hydrogen-bond acceptors (Lipinski definition) is 5. The van der Waals surface area contributed by atoms with Crippen LogP contribution in [0.4, 0.5) is 0 Å². The Morgan fingerprint density at radius 3 is 2.77 bits per heavy atom.